The Labute approximate surface area is 161 Å². The molecule has 2 N–H and O–H groups in total. The van der Waals surface area contributed by atoms with Crippen molar-refractivity contribution in [3.63, 3.8) is 0 Å². The number of ketones is 1. The number of hydrogen-bond donors (Lipinski definition) is 2. The van der Waals surface area contributed by atoms with Crippen molar-refractivity contribution in [2.75, 3.05) is 5.32 Å². The standard InChI is InChI=1S/C21H19N3O4/c1-3-14-5-4-6-18-15(12-22-20(14)18)11-19(13(2)25)21(26)23-16-7-9-17(10-8-16)24(27)28/h4-12,22H,3H2,1-2H3,(H,23,26)/b19-11+. The number of nitrogens with one attached hydrogen (secondary N) is 2. The van der Waals surface area contributed by atoms with E-state index in [1.54, 1.807) is 12.3 Å². The normalized spacial score (nSPS) is 11.4. The highest BCUT2D eigenvalue weighted by molar-refractivity contribution is 6.26. The molecule has 3 aromatic rings. The Morgan fingerprint density at radius 1 is 1.18 bits per heavy atom. The SMILES string of the molecule is CCc1cccc2c(/C=C(\C(C)=O)C(=O)Nc3ccc([N+](=O)[O-])cc3)c[nH]c12. The van der Waals surface area contributed by atoms with Crippen LogP contribution in [0.1, 0.15) is 25.0 Å². The number of nitro benzene ring substituents is 1. The summed E-state index contributed by atoms with van der Waals surface area (Å²) in [5, 5.41) is 14.3. The third-order valence-electron chi connectivity index (χ3n) is 4.47. The molecule has 1 heterocycles. The number of H-pyrrole nitrogens is 1. The number of carbonyl (C=O) groups excluding carboxylic acids is 2. The van der Waals surface area contributed by atoms with Crippen LogP contribution in [-0.2, 0) is 16.0 Å². The van der Waals surface area contributed by atoms with Gasteiger partial charge in [-0.05, 0) is 37.1 Å². The zero-order valence-corrected chi connectivity index (χ0v) is 15.5. The number of aromatic amines is 1. The summed E-state index contributed by atoms with van der Waals surface area (Å²) in [6, 6.07) is 11.3. The highest BCUT2D eigenvalue weighted by Crippen LogP contribution is 2.25. The average molecular weight is 377 g/mol. The summed E-state index contributed by atoms with van der Waals surface area (Å²) in [7, 11) is 0. The van der Waals surface area contributed by atoms with Crippen molar-refractivity contribution in [3.8, 4) is 0 Å². The number of carbonyl (C=O) groups is 2. The first-order chi connectivity index (χ1) is 13.4. The molecule has 0 spiro atoms. The lowest BCUT2D eigenvalue weighted by atomic mass is 10.0. The van der Waals surface area contributed by atoms with Crippen molar-refractivity contribution in [2.45, 2.75) is 20.3 Å². The third-order valence-corrected chi connectivity index (χ3v) is 4.47. The summed E-state index contributed by atoms with van der Waals surface area (Å²) in [6.45, 7) is 3.39. The smallest absolute Gasteiger partial charge is 0.269 e. The molecule has 1 aromatic heterocycles. The van der Waals surface area contributed by atoms with Crippen LogP contribution >= 0.6 is 0 Å². The first-order valence-corrected chi connectivity index (χ1v) is 8.78. The van der Waals surface area contributed by atoms with E-state index in [1.807, 2.05) is 18.2 Å². The van der Waals surface area contributed by atoms with E-state index < -0.39 is 10.8 Å². The highest BCUT2D eigenvalue weighted by atomic mass is 16.6. The second-order valence-electron chi connectivity index (χ2n) is 6.31. The molecule has 0 aliphatic rings. The van der Waals surface area contributed by atoms with Crippen LogP contribution in [0.5, 0.6) is 0 Å². The summed E-state index contributed by atoms with van der Waals surface area (Å²) in [5.74, 6) is -0.942. The molecule has 0 aliphatic heterocycles. The maximum Gasteiger partial charge on any atom is 0.269 e. The number of anilines is 1. The molecule has 0 unspecified atom stereocenters. The fourth-order valence-electron chi connectivity index (χ4n) is 3.00. The first-order valence-electron chi connectivity index (χ1n) is 8.78. The number of nitrogens with zero attached hydrogens (tertiary/aromatic N) is 1. The predicted octanol–water partition coefficient (Wildman–Crippen LogP) is 4.25. The highest BCUT2D eigenvalue weighted by Gasteiger charge is 2.17. The van der Waals surface area contributed by atoms with Gasteiger partial charge in [-0.2, -0.15) is 0 Å². The van der Waals surface area contributed by atoms with Gasteiger partial charge in [0.25, 0.3) is 11.6 Å². The maximum absolute atomic E-state index is 12.6. The topological polar surface area (TPSA) is 105 Å². The Balaban J connectivity index is 1.92. The zero-order valence-electron chi connectivity index (χ0n) is 15.5. The Morgan fingerprint density at radius 3 is 2.50 bits per heavy atom. The van der Waals surface area contributed by atoms with E-state index in [9.17, 15) is 19.7 Å². The van der Waals surface area contributed by atoms with Gasteiger partial charge in [0.2, 0.25) is 0 Å². The molecule has 0 saturated carbocycles. The minimum Gasteiger partial charge on any atom is -0.360 e. The fraction of sp³-hybridized carbons (Fsp3) is 0.143. The van der Waals surface area contributed by atoms with Gasteiger partial charge in [-0.3, -0.25) is 19.7 Å². The molecule has 1 amide bonds. The summed E-state index contributed by atoms with van der Waals surface area (Å²) < 4.78 is 0. The second kappa shape index (κ2) is 7.87. The zero-order chi connectivity index (χ0) is 20.3. The number of benzene rings is 2. The molecule has 0 aliphatic carbocycles. The Morgan fingerprint density at radius 2 is 1.89 bits per heavy atom. The van der Waals surface area contributed by atoms with Crippen LogP contribution in [0.3, 0.4) is 0 Å². The monoisotopic (exact) mass is 377 g/mol. The van der Waals surface area contributed by atoms with Gasteiger partial charge in [0.1, 0.15) is 0 Å². The van der Waals surface area contributed by atoms with E-state index in [0.29, 0.717) is 5.69 Å². The number of fused-ring (bicyclic) bond motifs is 1. The second-order valence-corrected chi connectivity index (χ2v) is 6.31. The summed E-state index contributed by atoms with van der Waals surface area (Å²) in [6.07, 6.45) is 4.19. The minimum atomic E-state index is -0.567. The molecule has 2 aromatic carbocycles. The molecule has 0 fully saturated rings. The molecule has 7 heteroatoms. The number of hydrogen-bond acceptors (Lipinski definition) is 4. The quantitative estimate of drug-likeness (QED) is 0.220. The van der Waals surface area contributed by atoms with Crippen molar-refractivity contribution in [3.05, 3.63) is 75.5 Å². The Kier molecular flexibility index (Phi) is 5.35. The van der Waals surface area contributed by atoms with Crippen LogP contribution in [-0.4, -0.2) is 21.6 Å². The number of non-ortho nitro benzene ring substituents is 1. The lowest BCUT2D eigenvalue weighted by molar-refractivity contribution is -0.384. The van der Waals surface area contributed by atoms with Crippen molar-refractivity contribution in [1.29, 1.82) is 0 Å². The van der Waals surface area contributed by atoms with Crippen LogP contribution in [0, 0.1) is 10.1 Å². The predicted molar refractivity (Wildman–Crippen MR) is 108 cm³/mol. The molecular weight excluding hydrogens is 358 g/mol. The van der Waals surface area contributed by atoms with Crippen LogP contribution in [0.25, 0.3) is 17.0 Å². The van der Waals surface area contributed by atoms with Gasteiger partial charge in [-0.15, -0.1) is 0 Å². The van der Waals surface area contributed by atoms with Gasteiger partial charge >= 0.3 is 0 Å². The van der Waals surface area contributed by atoms with Gasteiger partial charge < -0.3 is 10.3 Å². The number of amides is 1. The summed E-state index contributed by atoms with van der Waals surface area (Å²) >= 11 is 0. The van der Waals surface area contributed by atoms with E-state index in [0.717, 1.165) is 28.5 Å². The van der Waals surface area contributed by atoms with E-state index in [-0.39, 0.29) is 17.0 Å². The number of aryl methyl sites for hydroxylation is 1. The van der Waals surface area contributed by atoms with E-state index in [4.69, 9.17) is 0 Å². The van der Waals surface area contributed by atoms with E-state index >= 15 is 0 Å². The van der Waals surface area contributed by atoms with Gasteiger partial charge in [0.05, 0.1) is 10.5 Å². The summed E-state index contributed by atoms with van der Waals surface area (Å²) in [4.78, 5) is 38.1. The number of Topliss-reactive ketones (excluding diaryl/α,β-unsaturated/α-hetero) is 1. The van der Waals surface area contributed by atoms with Crippen molar-refractivity contribution < 1.29 is 14.5 Å². The molecule has 0 radical (unpaired) electrons. The van der Waals surface area contributed by atoms with Crippen molar-refractivity contribution in [2.24, 2.45) is 0 Å². The van der Waals surface area contributed by atoms with Gasteiger partial charge in [0, 0.05) is 40.5 Å². The van der Waals surface area contributed by atoms with Crippen LogP contribution in [0.15, 0.2) is 54.2 Å². The molecule has 0 saturated heterocycles. The van der Waals surface area contributed by atoms with Crippen LogP contribution in [0.2, 0.25) is 0 Å². The van der Waals surface area contributed by atoms with Crippen LogP contribution in [0.4, 0.5) is 11.4 Å². The Bertz CT molecular complexity index is 1090. The van der Waals surface area contributed by atoms with Gasteiger partial charge in [-0.25, -0.2) is 0 Å². The van der Waals surface area contributed by atoms with E-state index in [2.05, 4.69) is 17.2 Å². The molecule has 7 nitrogen and oxygen atoms in total. The number of nitro groups is 1. The van der Waals surface area contributed by atoms with Crippen LogP contribution < -0.4 is 5.32 Å². The average Bonchev–Trinajstić information content (AvgIpc) is 3.09. The largest absolute Gasteiger partial charge is 0.360 e. The third kappa shape index (κ3) is 3.83. The number of rotatable bonds is 6. The molecular formula is C21H19N3O4. The number of aromatic nitrogens is 1. The minimum absolute atomic E-state index is 0.00107. The van der Waals surface area contributed by atoms with Gasteiger partial charge in [-0.1, -0.05) is 25.1 Å². The first kappa shape index (κ1) is 19.0. The van der Waals surface area contributed by atoms with E-state index in [1.165, 1.54) is 31.2 Å². The maximum atomic E-state index is 12.6. The molecule has 28 heavy (non-hydrogen) atoms. The Hall–Kier alpha value is -3.74. The number of para-hydroxylation sites is 1. The lowest BCUT2D eigenvalue weighted by Crippen LogP contribution is -2.18. The molecule has 3 rings (SSSR count). The molecule has 142 valence electrons. The van der Waals surface area contributed by atoms with Crippen molar-refractivity contribution >= 4 is 40.0 Å². The molecule has 0 atom stereocenters. The fourth-order valence-corrected chi connectivity index (χ4v) is 3.00. The lowest BCUT2D eigenvalue weighted by Gasteiger charge is -2.07. The summed E-state index contributed by atoms with van der Waals surface area (Å²) in [5.41, 5.74) is 3.17. The van der Waals surface area contributed by atoms with Gasteiger partial charge in [0.15, 0.2) is 5.78 Å². The van der Waals surface area contributed by atoms with Crippen molar-refractivity contribution in [1.82, 2.24) is 4.98 Å². The molecule has 0 bridgehead atoms.